The minimum atomic E-state index is 0.106. The molecule has 1 N–H and O–H groups in total. The Kier molecular flexibility index (Phi) is 5.23. The van der Waals surface area contributed by atoms with Gasteiger partial charge in [-0.1, -0.05) is 31.0 Å². The van der Waals surface area contributed by atoms with Gasteiger partial charge in [-0.15, -0.1) is 0 Å². The van der Waals surface area contributed by atoms with Gasteiger partial charge in [0.25, 0.3) is 0 Å². The molecule has 3 nitrogen and oxygen atoms in total. The van der Waals surface area contributed by atoms with Crippen molar-refractivity contribution < 1.29 is 4.74 Å². The van der Waals surface area contributed by atoms with E-state index >= 15 is 0 Å². The Labute approximate surface area is 115 Å². The van der Waals surface area contributed by atoms with Crippen molar-refractivity contribution in [3.05, 3.63) is 29.8 Å². The van der Waals surface area contributed by atoms with Crippen LogP contribution in [0.5, 0.6) is 5.75 Å². The summed E-state index contributed by atoms with van der Waals surface area (Å²) in [5.74, 6) is 1.63. The molecule has 102 valence electrons. The highest BCUT2D eigenvalue weighted by Gasteiger charge is 2.21. The van der Waals surface area contributed by atoms with Gasteiger partial charge in [-0.3, -0.25) is 0 Å². The number of hydrogen-bond acceptors (Lipinski definition) is 3. The summed E-state index contributed by atoms with van der Waals surface area (Å²) in [5, 5.41) is 12.2. The average molecular weight is 258 g/mol. The Hall–Kier alpha value is -1.53. The largest absolute Gasteiger partial charge is 0.478 e. The highest BCUT2D eigenvalue weighted by Crippen LogP contribution is 2.28. The molecule has 1 atom stereocenters. The fraction of sp³-hybridized carbons (Fsp3) is 0.562. The minimum absolute atomic E-state index is 0.106. The molecule has 1 aliphatic carbocycles. The van der Waals surface area contributed by atoms with E-state index in [0.29, 0.717) is 6.04 Å². The highest BCUT2D eigenvalue weighted by atomic mass is 16.5. The zero-order valence-corrected chi connectivity index (χ0v) is 11.6. The van der Waals surface area contributed by atoms with Crippen LogP contribution in [0.3, 0.4) is 0 Å². The second-order valence-corrected chi connectivity index (χ2v) is 5.27. The lowest BCUT2D eigenvalue weighted by Crippen LogP contribution is -2.31. The molecule has 0 saturated heterocycles. The van der Waals surface area contributed by atoms with Crippen molar-refractivity contribution in [2.75, 3.05) is 6.61 Å². The molecule has 19 heavy (non-hydrogen) atoms. The molecule has 1 aromatic rings. The Morgan fingerprint density at radius 3 is 2.84 bits per heavy atom. The number of ether oxygens (including phenoxy) is 1. The SMILES string of the molecule is CC(NCc1ccccc1OCC#N)C1CCCC1. The number of nitrogens with zero attached hydrogens (tertiary/aromatic N) is 1. The van der Waals surface area contributed by atoms with Crippen LogP contribution in [-0.4, -0.2) is 12.6 Å². The van der Waals surface area contributed by atoms with Crippen LogP contribution in [0.15, 0.2) is 24.3 Å². The molecule has 1 aliphatic rings. The molecule has 2 rings (SSSR count). The first-order valence-electron chi connectivity index (χ1n) is 7.12. The highest BCUT2D eigenvalue weighted by molar-refractivity contribution is 5.33. The summed E-state index contributed by atoms with van der Waals surface area (Å²) in [5.41, 5.74) is 1.13. The van der Waals surface area contributed by atoms with Crippen LogP contribution in [0.2, 0.25) is 0 Å². The van der Waals surface area contributed by atoms with E-state index in [1.807, 2.05) is 24.3 Å². The lowest BCUT2D eigenvalue weighted by atomic mass is 9.99. The molecule has 1 unspecified atom stereocenters. The topological polar surface area (TPSA) is 45.0 Å². The van der Waals surface area contributed by atoms with Crippen LogP contribution in [-0.2, 0) is 6.54 Å². The number of hydrogen-bond donors (Lipinski definition) is 1. The number of nitriles is 1. The smallest absolute Gasteiger partial charge is 0.174 e. The third kappa shape index (κ3) is 3.97. The number of para-hydroxylation sites is 1. The predicted octanol–water partition coefficient (Wildman–Crippen LogP) is 3.26. The molecule has 0 radical (unpaired) electrons. The van der Waals surface area contributed by atoms with Gasteiger partial charge in [0, 0.05) is 18.2 Å². The van der Waals surface area contributed by atoms with Gasteiger partial charge < -0.3 is 10.1 Å². The van der Waals surface area contributed by atoms with Crippen molar-refractivity contribution in [1.82, 2.24) is 5.32 Å². The van der Waals surface area contributed by atoms with Gasteiger partial charge in [0.1, 0.15) is 11.8 Å². The van der Waals surface area contributed by atoms with Crippen molar-refractivity contribution >= 4 is 0 Å². The van der Waals surface area contributed by atoms with E-state index in [-0.39, 0.29) is 6.61 Å². The summed E-state index contributed by atoms with van der Waals surface area (Å²) in [6.07, 6.45) is 5.44. The standard InChI is InChI=1S/C16H22N2O/c1-13(14-6-2-3-7-14)18-12-15-8-4-5-9-16(15)19-11-10-17/h4-5,8-9,13-14,18H,2-3,6-7,11-12H2,1H3. The first-order valence-corrected chi connectivity index (χ1v) is 7.12. The van der Waals surface area contributed by atoms with Crippen molar-refractivity contribution in [1.29, 1.82) is 5.26 Å². The molecule has 1 saturated carbocycles. The molecule has 0 bridgehead atoms. The van der Waals surface area contributed by atoms with Crippen LogP contribution < -0.4 is 10.1 Å². The van der Waals surface area contributed by atoms with Crippen LogP contribution in [0.1, 0.15) is 38.2 Å². The molecule has 0 amide bonds. The fourth-order valence-electron chi connectivity index (χ4n) is 2.80. The van der Waals surface area contributed by atoms with Gasteiger partial charge in [-0.2, -0.15) is 5.26 Å². The molecule has 3 heteroatoms. The quantitative estimate of drug-likeness (QED) is 0.852. The molecular weight excluding hydrogens is 236 g/mol. The molecule has 0 spiro atoms. The maximum absolute atomic E-state index is 8.59. The average Bonchev–Trinajstić information content (AvgIpc) is 2.97. The zero-order valence-electron chi connectivity index (χ0n) is 11.6. The minimum Gasteiger partial charge on any atom is -0.478 e. The Balaban J connectivity index is 1.89. The van der Waals surface area contributed by atoms with E-state index in [0.717, 1.165) is 23.8 Å². The summed E-state index contributed by atoms with van der Waals surface area (Å²) in [7, 11) is 0. The van der Waals surface area contributed by atoms with Crippen molar-refractivity contribution in [2.24, 2.45) is 5.92 Å². The molecular formula is C16H22N2O. The third-order valence-electron chi connectivity index (χ3n) is 3.99. The monoisotopic (exact) mass is 258 g/mol. The van der Waals surface area contributed by atoms with E-state index in [1.54, 1.807) is 0 Å². The van der Waals surface area contributed by atoms with E-state index in [1.165, 1.54) is 25.7 Å². The number of benzene rings is 1. The summed E-state index contributed by atoms with van der Waals surface area (Å²) >= 11 is 0. The van der Waals surface area contributed by atoms with E-state index < -0.39 is 0 Å². The van der Waals surface area contributed by atoms with Crippen LogP contribution in [0.25, 0.3) is 0 Å². The van der Waals surface area contributed by atoms with Gasteiger partial charge in [0.05, 0.1) is 0 Å². The van der Waals surface area contributed by atoms with Crippen LogP contribution in [0.4, 0.5) is 0 Å². The number of rotatable bonds is 6. The maximum Gasteiger partial charge on any atom is 0.174 e. The maximum atomic E-state index is 8.59. The van der Waals surface area contributed by atoms with Gasteiger partial charge in [0.15, 0.2) is 6.61 Å². The fourth-order valence-corrected chi connectivity index (χ4v) is 2.80. The van der Waals surface area contributed by atoms with Crippen LogP contribution >= 0.6 is 0 Å². The zero-order chi connectivity index (χ0) is 13.5. The second-order valence-electron chi connectivity index (χ2n) is 5.27. The second kappa shape index (κ2) is 7.16. The van der Waals surface area contributed by atoms with Gasteiger partial charge in [0.2, 0.25) is 0 Å². The summed E-state index contributed by atoms with van der Waals surface area (Å²) in [4.78, 5) is 0. The normalized spacial score (nSPS) is 17.1. The Morgan fingerprint density at radius 2 is 2.11 bits per heavy atom. The Morgan fingerprint density at radius 1 is 1.37 bits per heavy atom. The lowest BCUT2D eigenvalue weighted by molar-refractivity contribution is 0.352. The van der Waals surface area contributed by atoms with Crippen molar-refractivity contribution in [2.45, 2.75) is 45.2 Å². The summed E-state index contributed by atoms with van der Waals surface area (Å²) in [6.45, 7) is 3.18. The summed E-state index contributed by atoms with van der Waals surface area (Å²) < 4.78 is 5.44. The molecule has 0 aliphatic heterocycles. The third-order valence-corrected chi connectivity index (χ3v) is 3.99. The molecule has 1 fully saturated rings. The van der Waals surface area contributed by atoms with Gasteiger partial charge in [-0.05, 0) is 31.7 Å². The Bertz CT molecular complexity index is 433. The van der Waals surface area contributed by atoms with Crippen LogP contribution in [0, 0.1) is 17.2 Å². The van der Waals surface area contributed by atoms with Gasteiger partial charge in [-0.25, -0.2) is 0 Å². The van der Waals surface area contributed by atoms with E-state index in [9.17, 15) is 0 Å². The van der Waals surface area contributed by atoms with Crippen molar-refractivity contribution in [3.63, 3.8) is 0 Å². The van der Waals surface area contributed by atoms with Gasteiger partial charge >= 0.3 is 0 Å². The molecule has 0 aromatic heterocycles. The van der Waals surface area contributed by atoms with E-state index in [4.69, 9.17) is 10.00 Å². The first-order chi connectivity index (χ1) is 9.31. The van der Waals surface area contributed by atoms with E-state index in [2.05, 4.69) is 18.3 Å². The predicted molar refractivity (Wildman–Crippen MR) is 75.8 cm³/mol. The van der Waals surface area contributed by atoms with Crippen molar-refractivity contribution in [3.8, 4) is 11.8 Å². The summed E-state index contributed by atoms with van der Waals surface area (Å²) in [6, 6.07) is 10.5. The first kappa shape index (κ1) is 13.9. The molecule has 1 aromatic carbocycles. The molecule has 0 heterocycles. The number of nitrogens with one attached hydrogen (secondary N) is 1. The lowest BCUT2D eigenvalue weighted by Gasteiger charge is -2.21.